The molecule has 0 aliphatic carbocycles. The van der Waals surface area contributed by atoms with E-state index in [1.807, 2.05) is 44.4 Å². The van der Waals surface area contributed by atoms with Crippen molar-refractivity contribution in [2.24, 2.45) is 23.0 Å². The maximum absolute atomic E-state index is 13.2. The van der Waals surface area contributed by atoms with E-state index in [0.717, 1.165) is 21.8 Å². The Morgan fingerprint density at radius 2 is 1.97 bits per heavy atom. The second kappa shape index (κ2) is 12.7. The van der Waals surface area contributed by atoms with Gasteiger partial charge in [-0.15, -0.1) is 11.3 Å². The van der Waals surface area contributed by atoms with Crippen LogP contribution in [0, 0.1) is 17.3 Å². The largest absolute Gasteiger partial charge is 0.392 e. The molecule has 7 nitrogen and oxygen atoms in total. The van der Waals surface area contributed by atoms with Gasteiger partial charge in [0.05, 0.1) is 35.8 Å². The molecule has 35 heavy (non-hydrogen) atoms. The average Bonchev–Trinajstić information content (AvgIpc) is 3.26. The van der Waals surface area contributed by atoms with Gasteiger partial charge in [0.15, 0.2) is 0 Å². The van der Waals surface area contributed by atoms with Crippen LogP contribution in [-0.2, 0) is 16.1 Å². The lowest BCUT2D eigenvalue weighted by molar-refractivity contribution is -0.143. The van der Waals surface area contributed by atoms with Gasteiger partial charge in [-0.25, -0.2) is 4.98 Å². The number of thiazole rings is 1. The van der Waals surface area contributed by atoms with Crippen LogP contribution in [0.4, 0.5) is 0 Å². The third-order valence-electron chi connectivity index (χ3n) is 6.92. The molecule has 194 valence electrons. The smallest absolute Gasteiger partial charge is 0.223 e. The van der Waals surface area contributed by atoms with Gasteiger partial charge < -0.3 is 21.3 Å². The Morgan fingerprint density at radius 3 is 2.60 bits per heavy atom. The SMILES string of the molecule is CC1=CC[C@@H](/C(C)=C/c2csc(CN)n2)NC(=O)C[C@H](O)C(C)(C)C(=O)[C@H](C)[C@@H](O)[C@@H](C)CC=C1. The maximum Gasteiger partial charge on any atom is 0.223 e. The van der Waals surface area contributed by atoms with Crippen LogP contribution in [0.3, 0.4) is 0 Å². The summed E-state index contributed by atoms with van der Waals surface area (Å²) in [5.74, 6) is -1.38. The highest BCUT2D eigenvalue weighted by molar-refractivity contribution is 7.09. The summed E-state index contributed by atoms with van der Waals surface area (Å²) in [4.78, 5) is 30.6. The minimum Gasteiger partial charge on any atom is -0.392 e. The lowest BCUT2D eigenvalue weighted by Crippen LogP contribution is -2.47. The zero-order chi connectivity index (χ0) is 26.3. The summed E-state index contributed by atoms with van der Waals surface area (Å²) in [6.45, 7) is 11.2. The molecule has 5 N–H and O–H groups in total. The Balaban J connectivity index is 2.37. The van der Waals surface area contributed by atoms with Crippen molar-refractivity contribution >= 4 is 29.1 Å². The van der Waals surface area contributed by atoms with Gasteiger partial charge in [-0.2, -0.15) is 0 Å². The number of hydrogen-bond donors (Lipinski definition) is 4. The fourth-order valence-corrected chi connectivity index (χ4v) is 4.87. The molecule has 1 aromatic heterocycles. The van der Waals surface area contributed by atoms with Crippen molar-refractivity contribution in [3.05, 3.63) is 45.5 Å². The molecule has 1 amide bonds. The van der Waals surface area contributed by atoms with Crippen LogP contribution in [0.25, 0.3) is 6.08 Å². The molecule has 2 heterocycles. The molecule has 2 rings (SSSR count). The number of nitrogens with one attached hydrogen (secondary N) is 1. The van der Waals surface area contributed by atoms with Crippen molar-refractivity contribution in [1.29, 1.82) is 0 Å². The summed E-state index contributed by atoms with van der Waals surface area (Å²) in [6, 6.07) is -0.299. The van der Waals surface area contributed by atoms with Gasteiger partial charge in [-0.05, 0) is 44.3 Å². The van der Waals surface area contributed by atoms with Gasteiger partial charge in [0.1, 0.15) is 10.8 Å². The first kappa shape index (κ1) is 29.1. The quantitative estimate of drug-likeness (QED) is 0.498. The first-order chi connectivity index (χ1) is 16.4. The molecule has 0 fully saturated rings. The number of Topliss-reactive ketones (excluding diaryl/α,β-unsaturated/α-hetero) is 1. The van der Waals surface area contributed by atoms with Crippen molar-refractivity contribution in [3.8, 4) is 0 Å². The molecule has 0 aromatic carbocycles. The van der Waals surface area contributed by atoms with Gasteiger partial charge in [-0.1, -0.05) is 51.5 Å². The predicted octanol–water partition coefficient (Wildman–Crippen LogP) is 3.77. The predicted molar refractivity (Wildman–Crippen MR) is 141 cm³/mol. The molecular weight excluding hydrogens is 462 g/mol. The topological polar surface area (TPSA) is 126 Å². The highest BCUT2D eigenvalue weighted by Crippen LogP contribution is 2.31. The highest BCUT2D eigenvalue weighted by Gasteiger charge is 2.42. The molecule has 0 saturated heterocycles. The van der Waals surface area contributed by atoms with Gasteiger partial charge in [0.2, 0.25) is 5.91 Å². The number of allylic oxidation sites excluding steroid dienone is 3. The van der Waals surface area contributed by atoms with Crippen LogP contribution >= 0.6 is 11.3 Å². The van der Waals surface area contributed by atoms with Gasteiger partial charge >= 0.3 is 0 Å². The number of aromatic nitrogens is 1. The fourth-order valence-electron chi connectivity index (χ4n) is 4.24. The first-order valence-electron chi connectivity index (χ1n) is 12.2. The van der Waals surface area contributed by atoms with Crippen molar-refractivity contribution < 1.29 is 19.8 Å². The molecule has 1 aliphatic heterocycles. The van der Waals surface area contributed by atoms with E-state index < -0.39 is 23.5 Å². The highest BCUT2D eigenvalue weighted by atomic mass is 32.1. The third kappa shape index (κ3) is 7.93. The molecular formula is C27H41N3O4S. The molecule has 8 heteroatoms. The number of ketones is 1. The summed E-state index contributed by atoms with van der Waals surface area (Å²) in [7, 11) is 0. The second-order valence-corrected chi connectivity index (χ2v) is 11.2. The van der Waals surface area contributed by atoms with Gasteiger partial charge in [0, 0.05) is 17.8 Å². The number of rotatable bonds is 3. The Bertz CT molecular complexity index is 979. The van der Waals surface area contributed by atoms with Crippen LogP contribution in [0.5, 0.6) is 0 Å². The van der Waals surface area contributed by atoms with E-state index in [-0.39, 0.29) is 30.1 Å². The standard InChI is InChI=1S/C27H41N3O4S/c1-16-8-7-9-17(2)25(33)19(4)26(34)27(5,6)22(31)13-23(32)30-21(11-10-16)18(3)12-20-15-35-24(14-28)29-20/h7-8,10,12,15,17,19,21-22,25,31,33H,9,11,13-14,28H2,1-6H3,(H,30,32)/b8-7?,16-10?,18-12+/t17-,19+,21-,22-,25-/m0/s1. The summed E-state index contributed by atoms with van der Waals surface area (Å²) < 4.78 is 0. The van der Waals surface area contributed by atoms with E-state index in [0.29, 0.717) is 19.4 Å². The van der Waals surface area contributed by atoms with Crippen LogP contribution in [-0.4, -0.2) is 45.1 Å². The number of hydrogen-bond acceptors (Lipinski definition) is 7. The Hall–Kier alpha value is -2.13. The van der Waals surface area contributed by atoms with Crippen LogP contribution < -0.4 is 11.1 Å². The van der Waals surface area contributed by atoms with E-state index in [9.17, 15) is 19.8 Å². The average molecular weight is 504 g/mol. The van der Waals surface area contributed by atoms with E-state index >= 15 is 0 Å². The monoisotopic (exact) mass is 503 g/mol. The minimum atomic E-state index is -1.18. The van der Waals surface area contributed by atoms with Crippen molar-refractivity contribution in [2.45, 2.75) is 85.6 Å². The van der Waals surface area contributed by atoms with Crippen molar-refractivity contribution in [1.82, 2.24) is 10.3 Å². The maximum atomic E-state index is 13.2. The molecule has 0 radical (unpaired) electrons. The Labute approximate surface area is 213 Å². The summed E-state index contributed by atoms with van der Waals surface area (Å²) in [5.41, 5.74) is 7.26. The molecule has 5 atom stereocenters. The van der Waals surface area contributed by atoms with Crippen LogP contribution in [0.2, 0.25) is 0 Å². The number of aliphatic hydroxyl groups excluding tert-OH is 2. The van der Waals surface area contributed by atoms with Gasteiger partial charge in [-0.3, -0.25) is 9.59 Å². The minimum absolute atomic E-state index is 0.128. The van der Waals surface area contributed by atoms with Crippen molar-refractivity contribution in [2.75, 3.05) is 0 Å². The fraction of sp³-hybridized carbons (Fsp3) is 0.593. The lowest BCUT2D eigenvalue weighted by Gasteiger charge is -2.34. The summed E-state index contributed by atoms with van der Waals surface area (Å²) in [5, 5.41) is 27.4. The normalized spacial score (nSPS) is 29.6. The summed E-state index contributed by atoms with van der Waals surface area (Å²) in [6.07, 6.45) is 6.96. The van der Waals surface area contributed by atoms with E-state index in [4.69, 9.17) is 5.73 Å². The zero-order valence-corrected chi connectivity index (χ0v) is 22.6. The molecule has 0 bridgehead atoms. The van der Waals surface area contributed by atoms with E-state index in [1.54, 1.807) is 20.8 Å². The zero-order valence-electron chi connectivity index (χ0n) is 21.7. The number of carbonyl (C=O) groups excluding carboxylic acids is 2. The number of carbonyl (C=O) groups is 2. The molecule has 0 saturated carbocycles. The van der Waals surface area contributed by atoms with Crippen molar-refractivity contribution in [3.63, 3.8) is 0 Å². The van der Waals surface area contributed by atoms with Gasteiger partial charge in [0.25, 0.3) is 0 Å². The number of aliphatic hydroxyl groups is 2. The second-order valence-electron chi connectivity index (χ2n) is 10.3. The summed E-state index contributed by atoms with van der Waals surface area (Å²) >= 11 is 1.49. The molecule has 0 unspecified atom stereocenters. The van der Waals surface area contributed by atoms with Crippen LogP contribution in [0.1, 0.15) is 71.5 Å². The van der Waals surface area contributed by atoms with E-state index in [2.05, 4.69) is 16.4 Å². The van der Waals surface area contributed by atoms with E-state index in [1.165, 1.54) is 11.3 Å². The third-order valence-corrected chi connectivity index (χ3v) is 7.81. The molecule has 1 aliphatic rings. The number of nitrogens with two attached hydrogens (primary N) is 1. The molecule has 0 spiro atoms. The number of nitrogens with zero attached hydrogens (tertiary/aromatic N) is 1. The lowest BCUT2D eigenvalue weighted by atomic mass is 9.73. The Morgan fingerprint density at radius 1 is 1.29 bits per heavy atom. The number of amides is 1. The Kier molecular flexibility index (Phi) is 10.6. The van der Waals surface area contributed by atoms with Crippen LogP contribution in [0.15, 0.2) is 34.8 Å². The first-order valence-corrected chi connectivity index (χ1v) is 13.1. The molecule has 1 aromatic rings.